The summed E-state index contributed by atoms with van der Waals surface area (Å²) >= 11 is 0. The number of nitrogens with one attached hydrogen (secondary N) is 1. The van der Waals surface area contributed by atoms with Crippen LogP contribution < -0.4 is 5.32 Å². The van der Waals surface area contributed by atoms with Gasteiger partial charge in [0.05, 0.1) is 0 Å². The molecule has 0 radical (unpaired) electrons. The Labute approximate surface area is 99.3 Å². The summed E-state index contributed by atoms with van der Waals surface area (Å²) in [6.07, 6.45) is 2.66. The fourth-order valence-corrected chi connectivity index (χ4v) is 2.95. The van der Waals surface area contributed by atoms with Crippen LogP contribution in [0.4, 0.5) is 0 Å². The van der Waals surface area contributed by atoms with Crippen LogP contribution in [0.5, 0.6) is 0 Å². The van der Waals surface area contributed by atoms with Crippen molar-refractivity contribution in [3.63, 3.8) is 0 Å². The van der Waals surface area contributed by atoms with Crippen LogP contribution in [0.25, 0.3) is 0 Å². The molecule has 1 heteroatoms. The van der Waals surface area contributed by atoms with Crippen LogP contribution in [-0.4, -0.2) is 12.6 Å². The highest BCUT2D eigenvalue weighted by molar-refractivity contribution is 5.29. The Hall–Kier alpha value is -0.820. The third-order valence-electron chi connectivity index (χ3n) is 3.71. The Bertz CT molecular complexity index is 323. The van der Waals surface area contributed by atoms with Gasteiger partial charge < -0.3 is 5.32 Å². The predicted molar refractivity (Wildman–Crippen MR) is 69.7 cm³/mol. The SMILES string of the molecule is CC1CC(CNC(C)C)(c2ccccc2)C1. The molecule has 16 heavy (non-hydrogen) atoms. The minimum Gasteiger partial charge on any atom is -0.314 e. The molecule has 1 saturated carbocycles. The van der Waals surface area contributed by atoms with Crippen molar-refractivity contribution < 1.29 is 0 Å². The molecule has 0 aliphatic heterocycles. The molecule has 1 N–H and O–H groups in total. The molecule has 0 aromatic heterocycles. The Kier molecular flexibility index (Phi) is 3.34. The molecule has 88 valence electrons. The highest BCUT2D eigenvalue weighted by Crippen LogP contribution is 2.47. The van der Waals surface area contributed by atoms with Gasteiger partial charge in [-0.3, -0.25) is 0 Å². The quantitative estimate of drug-likeness (QED) is 0.815. The van der Waals surface area contributed by atoms with E-state index in [9.17, 15) is 0 Å². The van der Waals surface area contributed by atoms with Gasteiger partial charge in [-0.1, -0.05) is 51.1 Å². The monoisotopic (exact) mass is 217 g/mol. The smallest absolute Gasteiger partial charge is 0.00829 e. The van der Waals surface area contributed by atoms with E-state index in [1.807, 2.05) is 0 Å². The second-order valence-electron chi connectivity index (χ2n) is 5.70. The van der Waals surface area contributed by atoms with Crippen molar-refractivity contribution in [2.24, 2.45) is 5.92 Å². The Morgan fingerprint density at radius 2 is 1.88 bits per heavy atom. The lowest BCUT2D eigenvalue weighted by atomic mass is 9.59. The van der Waals surface area contributed by atoms with Crippen LogP contribution in [0.1, 0.15) is 39.2 Å². The topological polar surface area (TPSA) is 12.0 Å². The summed E-state index contributed by atoms with van der Waals surface area (Å²) in [5.41, 5.74) is 1.92. The number of rotatable bonds is 4. The third-order valence-corrected chi connectivity index (χ3v) is 3.71. The number of hydrogen-bond acceptors (Lipinski definition) is 1. The molecule has 0 saturated heterocycles. The highest BCUT2D eigenvalue weighted by atomic mass is 14.9. The van der Waals surface area contributed by atoms with Crippen LogP contribution in [0, 0.1) is 5.92 Å². The zero-order chi connectivity index (χ0) is 11.6. The van der Waals surface area contributed by atoms with Gasteiger partial charge in [-0.15, -0.1) is 0 Å². The van der Waals surface area contributed by atoms with Crippen molar-refractivity contribution in [1.29, 1.82) is 0 Å². The molecule has 1 nitrogen and oxygen atoms in total. The maximum absolute atomic E-state index is 3.61. The van der Waals surface area contributed by atoms with Crippen molar-refractivity contribution in [2.45, 2.75) is 45.1 Å². The summed E-state index contributed by atoms with van der Waals surface area (Å²) in [7, 11) is 0. The first-order chi connectivity index (χ1) is 7.62. The molecule has 1 aliphatic carbocycles. The van der Waals surface area contributed by atoms with E-state index in [1.54, 1.807) is 0 Å². The standard InChI is InChI=1S/C15H23N/c1-12(2)16-11-15(9-13(3)10-15)14-7-5-4-6-8-14/h4-8,12-13,16H,9-11H2,1-3H3. The fourth-order valence-electron chi connectivity index (χ4n) is 2.95. The summed E-state index contributed by atoms with van der Waals surface area (Å²) in [6.45, 7) is 7.93. The van der Waals surface area contributed by atoms with Gasteiger partial charge in [0, 0.05) is 18.0 Å². The lowest BCUT2D eigenvalue weighted by molar-refractivity contribution is 0.149. The average molecular weight is 217 g/mol. The van der Waals surface area contributed by atoms with Crippen LogP contribution in [0.2, 0.25) is 0 Å². The van der Waals surface area contributed by atoms with Gasteiger partial charge in [0.25, 0.3) is 0 Å². The van der Waals surface area contributed by atoms with Gasteiger partial charge in [0.1, 0.15) is 0 Å². The zero-order valence-corrected chi connectivity index (χ0v) is 10.7. The molecule has 0 unspecified atom stereocenters. The summed E-state index contributed by atoms with van der Waals surface area (Å²) in [5, 5.41) is 3.61. The molecule has 1 aliphatic rings. The van der Waals surface area contributed by atoms with Gasteiger partial charge in [0.15, 0.2) is 0 Å². The maximum Gasteiger partial charge on any atom is 0.00829 e. The third kappa shape index (κ3) is 2.30. The van der Waals surface area contributed by atoms with Crippen LogP contribution in [0.15, 0.2) is 30.3 Å². The van der Waals surface area contributed by atoms with E-state index in [4.69, 9.17) is 0 Å². The Balaban J connectivity index is 2.11. The first-order valence-electron chi connectivity index (χ1n) is 6.41. The largest absolute Gasteiger partial charge is 0.314 e. The van der Waals surface area contributed by atoms with E-state index in [1.165, 1.54) is 18.4 Å². The maximum atomic E-state index is 3.61. The van der Waals surface area contributed by atoms with Crippen molar-refractivity contribution in [3.05, 3.63) is 35.9 Å². The van der Waals surface area contributed by atoms with E-state index >= 15 is 0 Å². The lowest BCUT2D eigenvalue weighted by Gasteiger charge is -2.48. The summed E-state index contributed by atoms with van der Waals surface area (Å²) in [5.74, 6) is 0.883. The van der Waals surface area contributed by atoms with Crippen molar-refractivity contribution in [3.8, 4) is 0 Å². The second-order valence-corrected chi connectivity index (χ2v) is 5.70. The van der Waals surface area contributed by atoms with E-state index in [-0.39, 0.29) is 0 Å². The van der Waals surface area contributed by atoms with Crippen LogP contribution in [-0.2, 0) is 5.41 Å². The minimum atomic E-state index is 0.408. The van der Waals surface area contributed by atoms with Gasteiger partial charge in [-0.2, -0.15) is 0 Å². The molecule has 2 rings (SSSR count). The van der Waals surface area contributed by atoms with Gasteiger partial charge in [-0.25, -0.2) is 0 Å². The molecule has 0 spiro atoms. The molecular formula is C15H23N. The van der Waals surface area contributed by atoms with E-state index < -0.39 is 0 Å². The van der Waals surface area contributed by atoms with E-state index in [0.29, 0.717) is 11.5 Å². The summed E-state index contributed by atoms with van der Waals surface area (Å²) in [4.78, 5) is 0. The first kappa shape index (κ1) is 11.7. The second kappa shape index (κ2) is 4.58. The molecule has 1 fully saturated rings. The Morgan fingerprint density at radius 1 is 1.25 bits per heavy atom. The molecule has 0 amide bonds. The van der Waals surface area contributed by atoms with Gasteiger partial charge in [-0.05, 0) is 24.3 Å². The lowest BCUT2D eigenvalue weighted by Crippen LogP contribution is -2.49. The van der Waals surface area contributed by atoms with Crippen molar-refractivity contribution in [2.75, 3.05) is 6.54 Å². The molecule has 0 atom stereocenters. The van der Waals surface area contributed by atoms with Crippen LogP contribution >= 0.6 is 0 Å². The molecule has 1 aromatic rings. The molecule has 0 bridgehead atoms. The summed E-state index contributed by atoms with van der Waals surface area (Å²) in [6, 6.07) is 11.6. The molecular weight excluding hydrogens is 194 g/mol. The number of hydrogen-bond donors (Lipinski definition) is 1. The summed E-state index contributed by atoms with van der Waals surface area (Å²) < 4.78 is 0. The normalized spacial score (nSPS) is 29.1. The molecule has 1 aromatic carbocycles. The first-order valence-corrected chi connectivity index (χ1v) is 6.41. The number of benzene rings is 1. The van der Waals surface area contributed by atoms with Crippen molar-refractivity contribution >= 4 is 0 Å². The van der Waals surface area contributed by atoms with E-state index in [2.05, 4.69) is 56.4 Å². The predicted octanol–water partition coefficient (Wildman–Crippen LogP) is 3.35. The molecule has 0 heterocycles. The van der Waals surface area contributed by atoms with Gasteiger partial charge in [0.2, 0.25) is 0 Å². The van der Waals surface area contributed by atoms with Crippen molar-refractivity contribution in [1.82, 2.24) is 5.32 Å². The average Bonchev–Trinajstić information content (AvgIpc) is 2.24. The highest BCUT2D eigenvalue weighted by Gasteiger charge is 2.42. The minimum absolute atomic E-state index is 0.408. The Morgan fingerprint density at radius 3 is 2.38 bits per heavy atom. The van der Waals surface area contributed by atoms with E-state index in [0.717, 1.165) is 12.5 Å². The van der Waals surface area contributed by atoms with Gasteiger partial charge >= 0.3 is 0 Å². The van der Waals surface area contributed by atoms with Crippen LogP contribution in [0.3, 0.4) is 0 Å². The fraction of sp³-hybridized carbons (Fsp3) is 0.600. The zero-order valence-electron chi connectivity index (χ0n) is 10.7.